The Labute approximate surface area is 381 Å². The molecule has 2 nitrogen and oxygen atoms in total. The van der Waals surface area contributed by atoms with E-state index in [1.165, 1.54) is 121 Å². The molecular formula is C60H49BN2S. The molecule has 0 amide bonds. The lowest BCUT2D eigenvalue weighted by molar-refractivity contribution is 0.588. The maximum absolute atomic E-state index is 2.63. The van der Waals surface area contributed by atoms with Gasteiger partial charge < -0.3 is 9.80 Å². The molecule has 4 heteroatoms. The molecule has 308 valence electrons. The molecule has 3 heterocycles. The molecule has 0 radical (unpaired) electrons. The van der Waals surface area contributed by atoms with Crippen molar-refractivity contribution in [2.24, 2.45) is 0 Å². The first-order valence-electron chi connectivity index (χ1n) is 22.9. The van der Waals surface area contributed by atoms with Crippen molar-refractivity contribution in [3.05, 3.63) is 209 Å². The van der Waals surface area contributed by atoms with Gasteiger partial charge in [-0.25, -0.2) is 0 Å². The van der Waals surface area contributed by atoms with Crippen LogP contribution in [-0.2, 0) is 16.2 Å². The second-order valence-electron chi connectivity index (χ2n) is 20.6. The van der Waals surface area contributed by atoms with Crippen LogP contribution in [0.1, 0.15) is 80.5 Å². The van der Waals surface area contributed by atoms with Gasteiger partial charge in [-0.2, -0.15) is 0 Å². The van der Waals surface area contributed by atoms with Crippen LogP contribution in [0.15, 0.2) is 170 Å². The first kappa shape index (κ1) is 37.9. The third-order valence-electron chi connectivity index (χ3n) is 14.8. The SMILES string of the molecule is Cc1cc2c3c(c1)N(c1ccc(C(C)(C)C)cc1)c1c(sc4cc5c(cc14)-c1ccc(C(C)(C)C)cc1C51c4ccccc4-c4ccccc41)B3c1ccccc1N2c1ccccc1. The van der Waals surface area contributed by atoms with E-state index in [4.69, 9.17) is 0 Å². The summed E-state index contributed by atoms with van der Waals surface area (Å²) in [6.45, 7) is 16.3. The smallest absolute Gasteiger partial charge is 0.264 e. The van der Waals surface area contributed by atoms with Crippen LogP contribution in [0.25, 0.3) is 32.3 Å². The highest BCUT2D eigenvalue weighted by Gasteiger charge is 2.53. The zero-order valence-electron chi connectivity index (χ0n) is 37.5. The Balaban J connectivity index is 1.15. The Hall–Kier alpha value is -6.62. The number of anilines is 6. The minimum atomic E-state index is -0.429. The molecular weight excluding hydrogens is 792 g/mol. The van der Waals surface area contributed by atoms with E-state index in [9.17, 15) is 0 Å². The zero-order valence-corrected chi connectivity index (χ0v) is 38.4. The summed E-state index contributed by atoms with van der Waals surface area (Å²) in [6, 6.07) is 65.4. The Kier molecular flexibility index (Phi) is 7.69. The van der Waals surface area contributed by atoms with Crippen LogP contribution in [0.2, 0.25) is 0 Å². The van der Waals surface area contributed by atoms with Gasteiger partial charge in [-0.1, -0.05) is 157 Å². The number of para-hydroxylation sites is 2. The molecule has 0 N–H and O–H groups in total. The van der Waals surface area contributed by atoms with Crippen LogP contribution in [0.5, 0.6) is 0 Å². The molecule has 0 fully saturated rings. The molecule has 8 aromatic carbocycles. The predicted octanol–water partition coefficient (Wildman–Crippen LogP) is 14.2. The highest BCUT2D eigenvalue weighted by atomic mass is 32.1. The van der Waals surface area contributed by atoms with Crippen molar-refractivity contribution < 1.29 is 0 Å². The molecule has 13 rings (SSSR count). The fraction of sp³-hybridized carbons (Fsp3) is 0.167. The van der Waals surface area contributed by atoms with Crippen LogP contribution in [0, 0.1) is 6.92 Å². The monoisotopic (exact) mass is 840 g/mol. The van der Waals surface area contributed by atoms with E-state index < -0.39 is 5.41 Å². The summed E-state index contributed by atoms with van der Waals surface area (Å²) >= 11 is 2.01. The molecule has 0 saturated heterocycles. The van der Waals surface area contributed by atoms with Crippen molar-refractivity contribution in [1.29, 1.82) is 0 Å². The Morgan fingerprint density at radius 1 is 0.469 bits per heavy atom. The number of benzene rings is 8. The lowest BCUT2D eigenvalue weighted by Gasteiger charge is -2.43. The molecule has 0 bridgehead atoms. The summed E-state index contributed by atoms with van der Waals surface area (Å²) in [5.41, 5.74) is 24.7. The molecule has 1 spiro atoms. The normalized spacial score (nSPS) is 14.8. The average Bonchev–Trinajstić information content (AvgIpc) is 3.91. The van der Waals surface area contributed by atoms with Crippen molar-refractivity contribution in [2.45, 2.75) is 64.7 Å². The summed E-state index contributed by atoms with van der Waals surface area (Å²) in [6.07, 6.45) is 0. The minimum absolute atomic E-state index is 0.00183. The quantitative estimate of drug-likeness (QED) is 0.160. The van der Waals surface area contributed by atoms with Crippen molar-refractivity contribution in [3.8, 4) is 22.3 Å². The average molecular weight is 841 g/mol. The molecule has 4 aliphatic rings. The van der Waals surface area contributed by atoms with Gasteiger partial charge in [0.1, 0.15) is 0 Å². The molecule has 64 heavy (non-hydrogen) atoms. The van der Waals surface area contributed by atoms with Gasteiger partial charge in [0.2, 0.25) is 0 Å². The zero-order chi connectivity index (χ0) is 43.4. The van der Waals surface area contributed by atoms with Crippen LogP contribution < -0.4 is 25.5 Å². The second kappa shape index (κ2) is 13.0. The third kappa shape index (κ3) is 4.98. The topological polar surface area (TPSA) is 6.48 Å². The van der Waals surface area contributed by atoms with Crippen LogP contribution >= 0.6 is 11.3 Å². The third-order valence-corrected chi connectivity index (χ3v) is 16.0. The lowest BCUT2D eigenvalue weighted by Crippen LogP contribution is -2.60. The largest absolute Gasteiger partial charge is 0.311 e. The standard InChI is InChI=1S/C60H49BN2S/c1-36-31-52-55-53(32-36)63(40-28-25-37(26-29-40)58(2,3)4)56-45-34-44-43-30-27-38(59(5,6)7)33-48(43)60(46-21-13-11-19-41(46)42-20-12-14-22-47(42)60)49(44)35-54(45)64-57(56)61(55)50-23-15-16-24-51(50)62(52)39-17-9-8-10-18-39/h8-35H,1-7H3. The number of thiophene rings is 1. The van der Waals surface area contributed by atoms with Gasteiger partial charge in [-0.15, -0.1) is 11.3 Å². The van der Waals surface area contributed by atoms with E-state index in [0.29, 0.717) is 0 Å². The van der Waals surface area contributed by atoms with Gasteiger partial charge in [0.15, 0.2) is 0 Å². The van der Waals surface area contributed by atoms with Crippen molar-refractivity contribution in [2.75, 3.05) is 9.80 Å². The van der Waals surface area contributed by atoms with Gasteiger partial charge in [0.25, 0.3) is 6.71 Å². The van der Waals surface area contributed by atoms with E-state index in [0.717, 1.165) is 0 Å². The van der Waals surface area contributed by atoms with Crippen molar-refractivity contribution in [3.63, 3.8) is 0 Å². The van der Waals surface area contributed by atoms with Crippen molar-refractivity contribution in [1.82, 2.24) is 0 Å². The van der Waals surface area contributed by atoms with E-state index in [1.807, 2.05) is 11.3 Å². The lowest BCUT2D eigenvalue weighted by atomic mass is 9.36. The molecule has 0 unspecified atom stereocenters. The first-order valence-corrected chi connectivity index (χ1v) is 23.7. The fourth-order valence-electron chi connectivity index (χ4n) is 11.9. The maximum atomic E-state index is 2.63. The minimum Gasteiger partial charge on any atom is -0.311 e. The van der Waals surface area contributed by atoms with E-state index in [1.54, 1.807) is 0 Å². The van der Waals surface area contributed by atoms with Crippen LogP contribution in [-0.4, -0.2) is 6.71 Å². The predicted molar refractivity (Wildman–Crippen MR) is 274 cm³/mol. The van der Waals surface area contributed by atoms with Gasteiger partial charge in [0, 0.05) is 43.3 Å². The van der Waals surface area contributed by atoms with Crippen LogP contribution in [0.3, 0.4) is 0 Å². The number of nitrogens with zero attached hydrogens (tertiary/aromatic N) is 2. The van der Waals surface area contributed by atoms with Gasteiger partial charge in [-0.05, 0) is 144 Å². The van der Waals surface area contributed by atoms with Gasteiger partial charge in [0.05, 0.1) is 11.1 Å². The van der Waals surface area contributed by atoms with E-state index >= 15 is 0 Å². The number of hydrogen-bond acceptors (Lipinski definition) is 3. The highest BCUT2D eigenvalue weighted by Crippen LogP contribution is 2.64. The number of fused-ring (bicyclic) bond motifs is 16. The summed E-state index contributed by atoms with van der Waals surface area (Å²) in [5, 5.41) is 1.32. The summed E-state index contributed by atoms with van der Waals surface area (Å²) in [5.74, 6) is 0. The van der Waals surface area contributed by atoms with Gasteiger partial charge in [-0.3, -0.25) is 0 Å². The molecule has 0 atom stereocenters. The molecule has 1 aromatic heterocycles. The second-order valence-corrected chi connectivity index (χ2v) is 21.7. The highest BCUT2D eigenvalue weighted by molar-refractivity contribution is 7.33. The summed E-state index contributed by atoms with van der Waals surface area (Å²) in [7, 11) is 0. The van der Waals surface area contributed by atoms with Gasteiger partial charge >= 0.3 is 0 Å². The molecule has 9 aromatic rings. The Morgan fingerprint density at radius 2 is 1.03 bits per heavy atom. The number of rotatable bonds is 2. The van der Waals surface area contributed by atoms with E-state index in [2.05, 4.69) is 228 Å². The maximum Gasteiger partial charge on any atom is 0.264 e. The molecule has 2 aliphatic carbocycles. The molecule has 0 saturated carbocycles. The molecule has 2 aliphatic heterocycles. The summed E-state index contributed by atoms with van der Waals surface area (Å²) in [4.78, 5) is 5.13. The van der Waals surface area contributed by atoms with Crippen LogP contribution in [0.4, 0.5) is 34.1 Å². The number of aryl methyl sites for hydroxylation is 1. The van der Waals surface area contributed by atoms with E-state index in [-0.39, 0.29) is 17.5 Å². The summed E-state index contributed by atoms with van der Waals surface area (Å²) < 4.78 is 2.74. The number of hydrogen-bond donors (Lipinski definition) is 0. The first-order chi connectivity index (χ1) is 30.9. The Morgan fingerprint density at radius 3 is 1.72 bits per heavy atom. The van der Waals surface area contributed by atoms with Crippen molar-refractivity contribution >= 4 is 78.0 Å². The Bertz CT molecular complexity index is 3390. The fourth-order valence-corrected chi connectivity index (χ4v) is 13.2.